The van der Waals surface area contributed by atoms with Crippen LogP contribution < -0.4 is 9.80 Å². The maximum atomic E-state index is 12.8. The predicted octanol–water partition coefficient (Wildman–Crippen LogP) is 4.95. The zero-order chi connectivity index (χ0) is 19.5. The zero-order valence-electron chi connectivity index (χ0n) is 17.3. The van der Waals surface area contributed by atoms with Crippen LogP contribution in [0.15, 0.2) is 6.58 Å². The average Bonchev–Trinajstić information content (AvgIpc) is 2.43. The van der Waals surface area contributed by atoms with Crippen molar-refractivity contribution in [3.05, 3.63) is 23.3 Å². The third-order valence-electron chi connectivity index (χ3n) is 3.80. The van der Waals surface area contributed by atoms with E-state index in [2.05, 4.69) is 6.58 Å². The first-order valence-electron chi connectivity index (χ1n) is 8.75. The molecule has 0 spiro atoms. The van der Waals surface area contributed by atoms with E-state index in [0.29, 0.717) is 12.4 Å². The minimum atomic E-state index is -0.552. The van der Waals surface area contributed by atoms with Crippen molar-refractivity contribution >= 4 is 23.3 Å². The van der Waals surface area contributed by atoms with Crippen molar-refractivity contribution in [1.82, 2.24) is 4.98 Å². The van der Waals surface area contributed by atoms with Gasteiger partial charge in [-0.2, -0.15) is 0 Å². The summed E-state index contributed by atoms with van der Waals surface area (Å²) in [5, 5.41) is 0. The molecule has 0 radical (unpaired) electrons. The van der Waals surface area contributed by atoms with Gasteiger partial charge in [0.15, 0.2) is 0 Å². The van der Waals surface area contributed by atoms with Gasteiger partial charge in [-0.05, 0) is 59.1 Å². The Morgan fingerprint density at radius 2 is 1.68 bits per heavy atom. The van der Waals surface area contributed by atoms with Crippen molar-refractivity contribution in [2.24, 2.45) is 0 Å². The molecule has 0 aliphatic rings. The second-order valence-corrected chi connectivity index (χ2v) is 7.69. The largest absolute Gasteiger partial charge is 0.443 e. The van der Waals surface area contributed by atoms with E-state index in [-0.39, 0.29) is 6.09 Å². The summed E-state index contributed by atoms with van der Waals surface area (Å²) in [6.45, 7) is 18.3. The summed E-state index contributed by atoms with van der Waals surface area (Å²) in [6.07, 6.45) is 0.444. The van der Waals surface area contributed by atoms with Crippen LogP contribution in [0.5, 0.6) is 0 Å². The number of amides is 1. The van der Waals surface area contributed by atoms with Crippen LogP contribution in [0.25, 0.3) is 5.57 Å². The van der Waals surface area contributed by atoms with E-state index in [0.717, 1.165) is 34.5 Å². The lowest BCUT2D eigenvalue weighted by molar-refractivity contribution is 0.0579. The van der Waals surface area contributed by atoms with Gasteiger partial charge in [0.05, 0.1) is 0 Å². The molecule has 0 bridgehead atoms. The van der Waals surface area contributed by atoms with Crippen LogP contribution >= 0.6 is 0 Å². The summed E-state index contributed by atoms with van der Waals surface area (Å²) < 4.78 is 5.60. The van der Waals surface area contributed by atoms with Gasteiger partial charge in [-0.15, -0.1) is 0 Å². The molecule has 1 rings (SSSR count). The number of anilines is 2. The fourth-order valence-corrected chi connectivity index (χ4v) is 2.94. The standard InChI is InChI=1S/C20H33N3O2/c1-11-12-23(19(24)25-20(6,7)8)18-15(5)16(13(2)3)14(4)17(21-18)22(9)10/h2,11-12H2,1,3-10H3. The molecule has 1 heterocycles. The highest BCUT2D eigenvalue weighted by atomic mass is 16.6. The highest BCUT2D eigenvalue weighted by Crippen LogP contribution is 2.34. The summed E-state index contributed by atoms with van der Waals surface area (Å²) in [5.74, 6) is 1.48. The van der Waals surface area contributed by atoms with Crippen molar-refractivity contribution in [3.8, 4) is 0 Å². The summed E-state index contributed by atoms with van der Waals surface area (Å²) >= 11 is 0. The molecule has 0 aliphatic heterocycles. The fraction of sp³-hybridized carbons (Fsp3) is 0.600. The van der Waals surface area contributed by atoms with Crippen LogP contribution in [0.1, 0.15) is 57.7 Å². The van der Waals surface area contributed by atoms with E-state index in [1.165, 1.54) is 0 Å². The van der Waals surface area contributed by atoms with Crippen molar-refractivity contribution < 1.29 is 9.53 Å². The molecule has 5 heteroatoms. The molecule has 140 valence electrons. The number of aromatic nitrogens is 1. The Morgan fingerprint density at radius 1 is 1.16 bits per heavy atom. The first kappa shape index (κ1) is 21.0. The van der Waals surface area contributed by atoms with Gasteiger partial charge in [0.2, 0.25) is 0 Å². The molecule has 0 aliphatic carbocycles. The van der Waals surface area contributed by atoms with Crippen molar-refractivity contribution in [1.29, 1.82) is 0 Å². The number of allylic oxidation sites excluding steroid dienone is 1. The molecule has 0 aromatic carbocycles. The van der Waals surface area contributed by atoms with Gasteiger partial charge < -0.3 is 9.64 Å². The summed E-state index contributed by atoms with van der Waals surface area (Å²) in [6, 6.07) is 0. The highest BCUT2D eigenvalue weighted by molar-refractivity contribution is 5.90. The maximum absolute atomic E-state index is 12.8. The first-order chi connectivity index (χ1) is 11.4. The molecule has 0 saturated heterocycles. The third kappa shape index (κ3) is 4.97. The van der Waals surface area contributed by atoms with Gasteiger partial charge in [0.1, 0.15) is 17.2 Å². The van der Waals surface area contributed by atoms with E-state index in [1.54, 1.807) is 4.90 Å². The fourth-order valence-electron chi connectivity index (χ4n) is 2.94. The lowest BCUT2D eigenvalue weighted by Gasteiger charge is -2.30. The Labute approximate surface area is 152 Å². The minimum Gasteiger partial charge on any atom is -0.443 e. The second kappa shape index (κ2) is 7.89. The Kier molecular flexibility index (Phi) is 6.63. The van der Waals surface area contributed by atoms with Gasteiger partial charge in [0, 0.05) is 26.2 Å². The van der Waals surface area contributed by atoms with E-state index < -0.39 is 5.60 Å². The predicted molar refractivity (Wildman–Crippen MR) is 107 cm³/mol. The number of hydrogen-bond donors (Lipinski definition) is 0. The monoisotopic (exact) mass is 347 g/mol. The quantitative estimate of drug-likeness (QED) is 0.756. The number of nitrogens with zero attached hydrogens (tertiary/aromatic N) is 3. The Bertz CT molecular complexity index is 658. The second-order valence-electron chi connectivity index (χ2n) is 7.69. The summed E-state index contributed by atoms with van der Waals surface area (Å²) in [4.78, 5) is 21.2. The molecule has 0 N–H and O–H groups in total. The smallest absolute Gasteiger partial charge is 0.416 e. The first-order valence-corrected chi connectivity index (χ1v) is 8.75. The van der Waals surface area contributed by atoms with Crippen LogP contribution in [0.2, 0.25) is 0 Å². The molecule has 0 fully saturated rings. The van der Waals surface area contributed by atoms with Gasteiger partial charge in [-0.3, -0.25) is 4.90 Å². The number of rotatable bonds is 5. The Hall–Kier alpha value is -2.04. The van der Waals surface area contributed by atoms with Gasteiger partial charge >= 0.3 is 6.09 Å². The molecule has 1 aromatic rings. The molecule has 0 unspecified atom stereocenters. The SMILES string of the molecule is C=C(C)c1c(C)c(N(C)C)nc(N(CCC)C(=O)OC(C)(C)C)c1C. The topological polar surface area (TPSA) is 45.7 Å². The number of carbonyl (C=O) groups is 1. The number of pyridine rings is 1. The van der Waals surface area contributed by atoms with Gasteiger partial charge in [-0.1, -0.05) is 19.1 Å². The Morgan fingerprint density at radius 3 is 2.08 bits per heavy atom. The molecule has 25 heavy (non-hydrogen) atoms. The van der Waals surface area contributed by atoms with E-state index in [1.807, 2.05) is 67.5 Å². The highest BCUT2D eigenvalue weighted by Gasteiger charge is 2.27. The number of hydrogen-bond acceptors (Lipinski definition) is 4. The van der Waals surface area contributed by atoms with Crippen LogP contribution in [0.3, 0.4) is 0 Å². The van der Waals surface area contributed by atoms with Crippen LogP contribution in [-0.4, -0.2) is 37.3 Å². The number of carbonyl (C=O) groups excluding carboxylic acids is 1. The molecular formula is C20H33N3O2. The van der Waals surface area contributed by atoms with Crippen molar-refractivity contribution in [3.63, 3.8) is 0 Å². The third-order valence-corrected chi connectivity index (χ3v) is 3.80. The van der Waals surface area contributed by atoms with Gasteiger partial charge in [0.25, 0.3) is 0 Å². The molecule has 0 atom stereocenters. The average molecular weight is 348 g/mol. The lowest BCUT2D eigenvalue weighted by Crippen LogP contribution is -2.38. The minimum absolute atomic E-state index is 0.369. The normalized spacial score (nSPS) is 11.2. The maximum Gasteiger partial charge on any atom is 0.416 e. The summed E-state index contributed by atoms with van der Waals surface area (Å²) in [5.41, 5.74) is 3.48. The van der Waals surface area contributed by atoms with Crippen LogP contribution in [-0.2, 0) is 4.74 Å². The van der Waals surface area contributed by atoms with Crippen LogP contribution in [0, 0.1) is 13.8 Å². The van der Waals surface area contributed by atoms with Crippen molar-refractivity contribution in [2.45, 2.75) is 60.5 Å². The molecule has 1 amide bonds. The van der Waals surface area contributed by atoms with Crippen molar-refractivity contribution in [2.75, 3.05) is 30.4 Å². The van der Waals surface area contributed by atoms with E-state index >= 15 is 0 Å². The van der Waals surface area contributed by atoms with E-state index in [9.17, 15) is 4.79 Å². The number of ether oxygens (including phenoxy) is 1. The summed E-state index contributed by atoms with van der Waals surface area (Å²) in [7, 11) is 3.91. The van der Waals surface area contributed by atoms with E-state index in [4.69, 9.17) is 9.72 Å². The Balaban J connectivity index is 3.59. The zero-order valence-corrected chi connectivity index (χ0v) is 17.3. The van der Waals surface area contributed by atoms with Gasteiger partial charge in [-0.25, -0.2) is 9.78 Å². The lowest BCUT2D eigenvalue weighted by atomic mass is 9.98. The molecule has 1 aromatic heterocycles. The molecule has 5 nitrogen and oxygen atoms in total. The molecular weight excluding hydrogens is 314 g/mol. The molecule has 0 saturated carbocycles. The van der Waals surface area contributed by atoms with Crippen LogP contribution in [0.4, 0.5) is 16.4 Å².